The van der Waals surface area contributed by atoms with Crippen molar-refractivity contribution in [3.8, 4) is 0 Å². The Balaban J connectivity index is 1.77. The zero-order valence-electron chi connectivity index (χ0n) is 15.3. The van der Waals surface area contributed by atoms with Crippen molar-refractivity contribution < 1.29 is 14.4 Å². The summed E-state index contributed by atoms with van der Waals surface area (Å²) >= 11 is 1.40. The standard InChI is InChI=1S/C20H22N2O3S/c1-19(2,3)14-9-7-13(8-10-14)15(23)12-22-17(24)20(4,21-18(22)25)16-6-5-11-26-16/h5-11H,12H2,1-4H3,(H,21,25)/t20-/m1/s1. The van der Waals surface area contributed by atoms with Gasteiger partial charge >= 0.3 is 6.03 Å². The molecule has 2 heterocycles. The van der Waals surface area contributed by atoms with Gasteiger partial charge in [0.1, 0.15) is 0 Å². The number of urea groups is 1. The molecule has 2 aromatic rings. The molecule has 1 aliphatic heterocycles. The van der Waals surface area contributed by atoms with Crippen LogP contribution in [0.3, 0.4) is 0 Å². The fourth-order valence-electron chi connectivity index (χ4n) is 2.96. The van der Waals surface area contributed by atoms with Crippen molar-refractivity contribution in [2.24, 2.45) is 0 Å². The summed E-state index contributed by atoms with van der Waals surface area (Å²) in [7, 11) is 0. The van der Waals surface area contributed by atoms with Crippen molar-refractivity contribution >= 4 is 29.1 Å². The molecule has 0 spiro atoms. The van der Waals surface area contributed by atoms with E-state index in [9.17, 15) is 14.4 Å². The number of nitrogens with one attached hydrogen (secondary N) is 1. The zero-order chi connectivity index (χ0) is 19.1. The molecule has 0 aliphatic carbocycles. The first-order chi connectivity index (χ1) is 12.1. The number of hydrogen-bond acceptors (Lipinski definition) is 4. The van der Waals surface area contributed by atoms with Crippen LogP contribution in [0.5, 0.6) is 0 Å². The minimum absolute atomic E-state index is 0.00506. The fraction of sp³-hybridized carbons (Fsp3) is 0.350. The van der Waals surface area contributed by atoms with Crippen molar-refractivity contribution in [3.63, 3.8) is 0 Å². The molecule has 1 N–H and O–H groups in total. The number of Topliss-reactive ketones (excluding diaryl/α,β-unsaturated/α-hetero) is 1. The second kappa shape index (κ2) is 6.36. The maximum atomic E-state index is 12.8. The number of rotatable bonds is 4. The molecular weight excluding hydrogens is 348 g/mol. The third-order valence-electron chi connectivity index (χ3n) is 4.66. The van der Waals surface area contributed by atoms with Gasteiger partial charge in [-0.3, -0.25) is 14.5 Å². The van der Waals surface area contributed by atoms with E-state index >= 15 is 0 Å². The van der Waals surface area contributed by atoms with Crippen molar-refractivity contribution in [3.05, 3.63) is 57.8 Å². The first-order valence-electron chi connectivity index (χ1n) is 8.45. The van der Waals surface area contributed by atoms with Crippen molar-refractivity contribution in [1.82, 2.24) is 10.2 Å². The molecule has 3 rings (SSSR count). The second-order valence-corrected chi connectivity index (χ2v) is 8.62. The fourth-order valence-corrected chi connectivity index (χ4v) is 3.80. The number of carbonyl (C=O) groups is 3. The highest BCUT2D eigenvalue weighted by Gasteiger charge is 2.50. The molecule has 26 heavy (non-hydrogen) atoms. The predicted octanol–water partition coefficient (Wildman–Crippen LogP) is 3.70. The lowest BCUT2D eigenvalue weighted by Gasteiger charge is -2.20. The first-order valence-corrected chi connectivity index (χ1v) is 9.33. The minimum atomic E-state index is -1.11. The van der Waals surface area contributed by atoms with Crippen LogP contribution in [-0.2, 0) is 15.7 Å². The lowest BCUT2D eigenvalue weighted by atomic mass is 9.86. The van der Waals surface area contributed by atoms with E-state index < -0.39 is 17.5 Å². The lowest BCUT2D eigenvalue weighted by molar-refractivity contribution is -0.130. The van der Waals surface area contributed by atoms with Gasteiger partial charge < -0.3 is 5.32 Å². The average molecular weight is 370 g/mol. The number of carbonyl (C=O) groups excluding carboxylic acids is 3. The summed E-state index contributed by atoms with van der Waals surface area (Å²) in [4.78, 5) is 39.4. The Kier molecular flexibility index (Phi) is 4.48. The number of ketones is 1. The van der Waals surface area contributed by atoms with E-state index in [1.54, 1.807) is 25.1 Å². The Hall–Kier alpha value is -2.47. The summed E-state index contributed by atoms with van der Waals surface area (Å²) in [6.45, 7) is 7.70. The van der Waals surface area contributed by atoms with E-state index in [0.717, 1.165) is 15.3 Å². The van der Waals surface area contributed by atoms with Gasteiger partial charge in [0.15, 0.2) is 11.3 Å². The highest BCUT2D eigenvalue weighted by atomic mass is 32.1. The Morgan fingerprint density at radius 3 is 2.35 bits per heavy atom. The van der Waals surface area contributed by atoms with Gasteiger partial charge in [-0.05, 0) is 29.3 Å². The van der Waals surface area contributed by atoms with Crippen molar-refractivity contribution in [1.29, 1.82) is 0 Å². The van der Waals surface area contributed by atoms with Crippen molar-refractivity contribution in [2.45, 2.75) is 38.6 Å². The summed E-state index contributed by atoms with van der Waals surface area (Å²) < 4.78 is 0. The third kappa shape index (κ3) is 3.17. The minimum Gasteiger partial charge on any atom is -0.319 e. The molecule has 1 atom stereocenters. The molecule has 5 nitrogen and oxygen atoms in total. The van der Waals surface area contributed by atoms with Crippen LogP contribution in [0.25, 0.3) is 0 Å². The quantitative estimate of drug-likeness (QED) is 0.659. The van der Waals surface area contributed by atoms with Crippen molar-refractivity contribution in [2.75, 3.05) is 6.54 Å². The smallest absolute Gasteiger partial charge is 0.319 e. The maximum absolute atomic E-state index is 12.8. The Morgan fingerprint density at radius 2 is 1.81 bits per heavy atom. The van der Waals surface area contributed by atoms with Crippen LogP contribution in [0.15, 0.2) is 41.8 Å². The summed E-state index contributed by atoms with van der Waals surface area (Å²) in [6.07, 6.45) is 0. The van der Waals surface area contributed by atoms with Crippen LogP contribution in [0.4, 0.5) is 4.79 Å². The molecule has 1 fully saturated rings. The largest absolute Gasteiger partial charge is 0.325 e. The van der Waals surface area contributed by atoms with Gasteiger partial charge in [0, 0.05) is 10.4 Å². The topological polar surface area (TPSA) is 66.5 Å². The molecule has 1 aliphatic rings. The monoisotopic (exact) mass is 370 g/mol. The summed E-state index contributed by atoms with van der Waals surface area (Å²) in [5.41, 5.74) is 0.494. The number of imide groups is 1. The number of hydrogen-bond donors (Lipinski definition) is 1. The lowest BCUT2D eigenvalue weighted by Crippen LogP contribution is -2.40. The number of amides is 3. The number of thiophene rings is 1. The van der Waals surface area contributed by atoms with Gasteiger partial charge in [-0.1, -0.05) is 51.1 Å². The van der Waals surface area contributed by atoms with Gasteiger partial charge in [-0.25, -0.2) is 4.79 Å². The molecule has 6 heteroatoms. The normalized spacial score (nSPS) is 20.4. The number of nitrogens with zero attached hydrogens (tertiary/aromatic N) is 1. The van der Waals surface area contributed by atoms with Gasteiger partial charge in [0.2, 0.25) is 0 Å². The van der Waals surface area contributed by atoms with Crippen LogP contribution in [0.1, 0.15) is 48.5 Å². The summed E-state index contributed by atoms with van der Waals surface area (Å²) in [6, 6.07) is 10.4. The predicted molar refractivity (Wildman–Crippen MR) is 101 cm³/mol. The van der Waals surface area contributed by atoms with Crippen LogP contribution < -0.4 is 5.32 Å². The zero-order valence-corrected chi connectivity index (χ0v) is 16.1. The highest BCUT2D eigenvalue weighted by molar-refractivity contribution is 7.10. The average Bonchev–Trinajstić information content (AvgIpc) is 3.19. The van der Waals surface area contributed by atoms with Crippen LogP contribution in [0.2, 0.25) is 0 Å². The van der Waals surface area contributed by atoms with Gasteiger partial charge in [-0.15, -0.1) is 11.3 Å². The number of benzene rings is 1. The molecule has 3 amide bonds. The Morgan fingerprint density at radius 1 is 1.15 bits per heavy atom. The molecule has 1 aromatic carbocycles. The molecule has 1 saturated heterocycles. The van der Waals surface area contributed by atoms with Gasteiger partial charge in [0.25, 0.3) is 5.91 Å². The molecule has 0 saturated carbocycles. The highest BCUT2D eigenvalue weighted by Crippen LogP contribution is 2.32. The molecule has 0 unspecified atom stereocenters. The van der Waals surface area contributed by atoms with Crippen LogP contribution in [0, 0.1) is 0 Å². The van der Waals surface area contributed by atoms with Crippen LogP contribution >= 0.6 is 11.3 Å². The van der Waals surface area contributed by atoms with E-state index in [1.165, 1.54) is 11.3 Å². The maximum Gasteiger partial charge on any atom is 0.325 e. The SMILES string of the molecule is CC(C)(C)c1ccc(C(=O)CN2C(=O)N[C@](C)(c3cccs3)C2=O)cc1. The first kappa shape index (κ1) is 18.3. The Bertz CT molecular complexity index is 850. The molecule has 1 aromatic heterocycles. The van der Waals surface area contributed by atoms with Gasteiger partial charge in [0.05, 0.1) is 6.54 Å². The summed E-state index contributed by atoms with van der Waals surface area (Å²) in [5.74, 6) is -0.658. The molecular formula is C20H22N2O3S. The van der Waals surface area contributed by atoms with E-state index in [0.29, 0.717) is 5.56 Å². The van der Waals surface area contributed by atoms with Crippen LogP contribution in [-0.4, -0.2) is 29.2 Å². The van der Waals surface area contributed by atoms with E-state index in [-0.39, 0.29) is 17.7 Å². The van der Waals surface area contributed by atoms with E-state index in [1.807, 2.05) is 23.6 Å². The van der Waals surface area contributed by atoms with Gasteiger partial charge in [-0.2, -0.15) is 0 Å². The van der Waals surface area contributed by atoms with E-state index in [2.05, 4.69) is 26.1 Å². The summed E-state index contributed by atoms with van der Waals surface area (Å²) in [5, 5.41) is 4.57. The molecule has 0 radical (unpaired) electrons. The molecule has 136 valence electrons. The third-order valence-corrected chi connectivity index (χ3v) is 5.76. The second-order valence-electron chi connectivity index (χ2n) is 7.67. The Labute approximate surface area is 157 Å². The van der Waals surface area contributed by atoms with E-state index in [4.69, 9.17) is 0 Å². The molecule has 0 bridgehead atoms.